The van der Waals surface area contributed by atoms with Gasteiger partial charge < -0.3 is 15.5 Å². The number of allylic oxidation sites excluding steroid dienone is 1. The van der Waals surface area contributed by atoms with Crippen molar-refractivity contribution in [3.8, 4) is 0 Å². The first-order valence-electron chi connectivity index (χ1n) is 8.13. The third-order valence-corrected chi connectivity index (χ3v) is 4.69. The maximum Gasteiger partial charge on any atom is 0.250 e. The van der Waals surface area contributed by atoms with Gasteiger partial charge >= 0.3 is 0 Å². The molecule has 0 radical (unpaired) electrons. The molecule has 2 N–H and O–H groups in total. The zero-order valence-corrected chi connectivity index (χ0v) is 13.5. The molecule has 2 aliphatic rings. The van der Waals surface area contributed by atoms with E-state index in [1.54, 1.807) is 0 Å². The molecule has 4 nitrogen and oxygen atoms in total. The minimum absolute atomic E-state index is 0.121. The summed E-state index contributed by atoms with van der Waals surface area (Å²) < 4.78 is 0. The van der Waals surface area contributed by atoms with Gasteiger partial charge in [0.15, 0.2) is 0 Å². The second-order valence-electron chi connectivity index (χ2n) is 6.62. The lowest BCUT2D eigenvalue weighted by molar-refractivity contribution is -0.122. The first-order chi connectivity index (χ1) is 10.6. The predicted octanol–water partition coefficient (Wildman–Crippen LogP) is 3.24. The van der Waals surface area contributed by atoms with Crippen LogP contribution >= 0.6 is 0 Å². The van der Waals surface area contributed by atoms with E-state index in [0.29, 0.717) is 0 Å². The third-order valence-electron chi connectivity index (χ3n) is 4.69. The number of carbonyl (C=O) groups excluding carboxylic acids is 1. The van der Waals surface area contributed by atoms with Crippen molar-refractivity contribution in [2.24, 2.45) is 0 Å². The van der Waals surface area contributed by atoms with Gasteiger partial charge in [-0.25, -0.2) is 0 Å². The number of anilines is 2. The van der Waals surface area contributed by atoms with Crippen LogP contribution in [0.25, 0.3) is 0 Å². The van der Waals surface area contributed by atoms with Crippen LogP contribution in [0.15, 0.2) is 35.9 Å². The summed E-state index contributed by atoms with van der Waals surface area (Å²) in [4.78, 5) is 15.0. The van der Waals surface area contributed by atoms with Crippen molar-refractivity contribution in [2.45, 2.75) is 38.6 Å². The number of para-hydroxylation sites is 2. The molecule has 4 heteroatoms. The fourth-order valence-corrected chi connectivity index (χ4v) is 3.30. The summed E-state index contributed by atoms with van der Waals surface area (Å²) >= 11 is 0. The molecule has 118 valence electrons. The van der Waals surface area contributed by atoms with Gasteiger partial charge in [-0.05, 0) is 45.2 Å². The van der Waals surface area contributed by atoms with Crippen LogP contribution in [-0.2, 0) is 4.79 Å². The zero-order chi connectivity index (χ0) is 15.6. The van der Waals surface area contributed by atoms with Gasteiger partial charge in [0.2, 0.25) is 5.91 Å². The molecule has 0 atom stereocenters. The van der Waals surface area contributed by atoms with E-state index in [4.69, 9.17) is 0 Å². The van der Waals surface area contributed by atoms with E-state index >= 15 is 0 Å². The molecule has 1 spiro atoms. The first-order valence-corrected chi connectivity index (χ1v) is 8.13. The van der Waals surface area contributed by atoms with Crippen LogP contribution in [0.1, 0.15) is 33.1 Å². The van der Waals surface area contributed by atoms with Gasteiger partial charge in [0, 0.05) is 19.6 Å². The number of nitrogens with zero attached hydrogens (tertiary/aromatic N) is 1. The molecule has 2 aliphatic heterocycles. The Labute approximate surface area is 132 Å². The van der Waals surface area contributed by atoms with Crippen molar-refractivity contribution in [3.63, 3.8) is 0 Å². The molecule has 1 aromatic rings. The van der Waals surface area contributed by atoms with Crippen molar-refractivity contribution >= 4 is 17.3 Å². The summed E-state index contributed by atoms with van der Waals surface area (Å²) in [5.74, 6) is 0.121. The van der Waals surface area contributed by atoms with Crippen LogP contribution in [0.5, 0.6) is 0 Å². The molecule has 0 aliphatic carbocycles. The van der Waals surface area contributed by atoms with Crippen molar-refractivity contribution in [1.29, 1.82) is 0 Å². The van der Waals surface area contributed by atoms with E-state index in [1.165, 1.54) is 5.57 Å². The van der Waals surface area contributed by atoms with Gasteiger partial charge in [0.1, 0.15) is 5.54 Å². The van der Waals surface area contributed by atoms with Crippen LogP contribution in [0.2, 0.25) is 0 Å². The number of fused-ring (bicyclic) bond motifs is 1. The van der Waals surface area contributed by atoms with Gasteiger partial charge in [-0.2, -0.15) is 0 Å². The van der Waals surface area contributed by atoms with E-state index in [9.17, 15) is 4.79 Å². The summed E-state index contributed by atoms with van der Waals surface area (Å²) in [6.07, 6.45) is 5.11. The topological polar surface area (TPSA) is 44.4 Å². The molecular formula is C18H25N3O. The van der Waals surface area contributed by atoms with Crippen molar-refractivity contribution in [3.05, 3.63) is 35.9 Å². The van der Waals surface area contributed by atoms with Gasteiger partial charge in [-0.15, -0.1) is 0 Å². The molecule has 0 bridgehead atoms. The Morgan fingerprint density at radius 1 is 1.23 bits per heavy atom. The lowest BCUT2D eigenvalue weighted by Crippen LogP contribution is -2.58. The smallest absolute Gasteiger partial charge is 0.250 e. The van der Waals surface area contributed by atoms with E-state index < -0.39 is 5.54 Å². The second-order valence-corrected chi connectivity index (χ2v) is 6.62. The molecule has 0 aromatic heterocycles. The summed E-state index contributed by atoms with van der Waals surface area (Å²) in [6.45, 7) is 7.30. The van der Waals surface area contributed by atoms with Crippen molar-refractivity contribution in [2.75, 3.05) is 30.3 Å². The number of hydrogen-bond donors (Lipinski definition) is 2. The standard InChI is InChI=1S/C18H25N3O/c1-14(2)6-5-11-21-12-9-18(10-13-21)17(22)19-15-7-3-4-8-16(15)20-18/h3-4,6-8,20H,5,9-13H2,1-2H3,(H,19,22). The number of benzene rings is 1. The zero-order valence-electron chi connectivity index (χ0n) is 13.5. The molecular weight excluding hydrogens is 274 g/mol. The summed E-state index contributed by atoms with van der Waals surface area (Å²) in [5, 5.41) is 6.57. The quantitative estimate of drug-likeness (QED) is 0.842. The third kappa shape index (κ3) is 3.02. The molecule has 1 saturated heterocycles. The average molecular weight is 299 g/mol. The Hall–Kier alpha value is -1.81. The van der Waals surface area contributed by atoms with E-state index in [2.05, 4.69) is 35.5 Å². The molecule has 22 heavy (non-hydrogen) atoms. The maximum atomic E-state index is 12.5. The largest absolute Gasteiger partial charge is 0.369 e. The molecule has 1 aromatic carbocycles. The highest BCUT2D eigenvalue weighted by molar-refractivity contribution is 6.06. The number of likely N-dealkylation sites (tertiary alicyclic amines) is 1. The molecule has 1 fully saturated rings. The first kappa shape index (κ1) is 15.1. The fraction of sp³-hybridized carbons (Fsp3) is 0.500. The summed E-state index contributed by atoms with van der Waals surface area (Å²) in [6, 6.07) is 7.94. The van der Waals surface area contributed by atoms with E-state index in [0.717, 1.165) is 50.3 Å². The minimum atomic E-state index is -0.429. The van der Waals surface area contributed by atoms with Crippen LogP contribution < -0.4 is 10.6 Å². The molecule has 1 amide bonds. The molecule has 0 saturated carbocycles. The van der Waals surface area contributed by atoms with Gasteiger partial charge in [0.25, 0.3) is 0 Å². The lowest BCUT2D eigenvalue weighted by atomic mass is 9.84. The Kier molecular flexibility index (Phi) is 4.21. The van der Waals surface area contributed by atoms with Crippen molar-refractivity contribution in [1.82, 2.24) is 4.90 Å². The van der Waals surface area contributed by atoms with Crippen molar-refractivity contribution < 1.29 is 4.79 Å². The maximum absolute atomic E-state index is 12.5. The second kappa shape index (κ2) is 6.13. The summed E-state index contributed by atoms with van der Waals surface area (Å²) in [5.41, 5.74) is 2.88. The Balaban J connectivity index is 1.63. The summed E-state index contributed by atoms with van der Waals surface area (Å²) in [7, 11) is 0. The van der Waals surface area contributed by atoms with E-state index in [-0.39, 0.29) is 5.91 Å². The highest BCUT2D eigenvalue weighted by Crippen LogP contribution is 2.36. The Morgan fingerprint density at radius 2 is 1.91 bits per heavy atom. The highest BCUT2D eigenvalue weighted by Gasteiger charge is 2.43. The van der Waals surface area contributed by atoms with Gasteiger partial charge in [-0.1, -0.05) is 23.8 Å². The number of rotatable bonds is 3. The van der Waals surface area contributed by atoms with Gasteiger partial charge in [-0.3, -0.25) is 4.79 Å². The van der Waals surface area contributed by atoms with Crippen LogP contribution in [0.4, 0.5) is 11.4 Å². The fourth-order valence-electron chi connectivity index (χ4n) is 3.30. The number of carbonyl (C=O) groups is 1. The number of piperidine rings is 1. The highest BCUT2D eigenvalue weighted by atomic mass is 16.2. The van der Waals surface area contributed by atoms with Crippen LogP contribution in [0, 0.1) is 0 Å². The number of amides is 1. The minimum Gasteiger partial charge on any atom is -0.369 e. The monoisotopic (exact) mass is 299 g/mol. The molecule has 0 unspecified atom stereocenters. The number of hydrogen-bond acceptors (Lipinski definition) is 3. The Bertz CT molecular complexity index is 582. The predicted molar refractivity (Wildman–Crippen MR) is 91.1 cm³/mol. The molecule has 3 rings (SSSR count). The molecule has 2 heterocycles. The number of nitrogens with one attached hydrogen (secondary N) is 2. The van der Waals surface area contributed by atoms with Crippen LogP contribution in [-0.4, -0.2) is 36.0 Å². The lowest BCUT2D eigenvalue weighted by Gasteiger charge is -2.44. The van der Waals surface area contributed by atoms with E-state index in [1.807, 2.05) is 24.3 Å². The van der Waals surface area contributed by atoms with Crippen LogP contribution in [0.3, 0.4) is 0 Å². The Morgan fingerprint density at radius 3 is 2.59 bits per heavy atom. The average Bonchev–Trinajstić information content (AvgIpc) is 2.50. The normalized spacial score (nSPS) is 20.0. The van der Waals surface area contributed by atoms with Gasteiger partial charge in [0.05, 0.1) is 11.4 Å². The SMILES string of the molecule is CC(C)=CCCN1CCC2(CC1)Nc1ccccc1NC2=O.